The van der Waals surface area contributed by atoms with E-state index < -0.39 is 0 Å². The van der Waals surface area contributed by atoms with E-state index in [0.717, 1.165) is 11.4 Å². The monoisotopic (exact) mass is 226 g/mol. The van der Waals surface area contributed by atoms with Crippen LogP contribution in [0.4, 0.5) is 0 Å². The van der Waals surface area contributed by atoms with Crippen LogP contribution in [-0.4, -0.2) is 0 Å². The quantitative estimate of drug-likeness (QED) is 0.533. The summed E-state index contributed by atoms with van der Waals surface area (Å²) in [5, 5.41) is 0.800. The topological polar surface area (TPSA) is 0 Å². The average Bonchev–Trinajstić information content (AvgIpc) is 2.48. The van der Waals surface area contributed by atoms with Gasteiger partial charge in [-0.25, -0.2) is 0 Å². The summed E-state index contributed by atoms with van der Waals surface area (Å²) >= 11 is 6.01. The molecule has 2 aromatic carbocycles. The SMILES string of the molecule is Clc1ccc2c(c1)C=Cc1ccccc1C2. The molecule has 0 N–H and O–H groups in total. The molecule has 0 aromatic heterocycles. The molecule has 0 atom stereocenters. The minimum Gasteiger partial charge on any atom is -0.0843 e. The fourth-order valence-corrected chi connectivity index (χ4v) is 2.30. The van der Waals surface area contributed by atoms with Crippen LogP contribution in [0.15, 0.2) is 42.5 Å². The number of hydrogen-bond donors (Lipinski definition) is 0. The third kappa shape index (κ3) is 1.66. The van der Waals surface area contributed by atoms with E-state index >= 15 is 0 Å². The molecule has 1 aliphatic rings. The summed E-state index contributed by atoms with van der Waals surface area (Å²) in [6.07, 6.45) is 5.29. The number of hydrogen-bond acceptors (Lipinski definition) is 0. The first kappa shape index (κ1) is 9.68. The summed E-state index contributed by atoms with van der Waals surface area (Å²) in [7, 11) is 0. The molecule has 16 heavy (non-hydrogen) atoms. The lowest BCUT2D eigenvalue weighted by atomic mass is 10.0. The molecule has 78 valence electrons. The molecule has 0 radical (unpaired) electrons. The van der Waals surface area contributed by atoms with Gasteiger partial charge in [-0.2, -0.15) is 0 Å². The molecular formula is C15H11Cl. The van der Waals surface area contributed by atoms with Gasteiger partial charge in [0.05, 0.1) is 0 Å². The van der Waals surface area contributed by atoms with Crippen LogP contribution in [0.1, 0.15) is 22.3 Å². The lowest BCUT2D eigenvalue weighted by Gasteiger charge is -2.05. The third-order valence-corrected chi connectivity index (χ3v) is 3.22. The molecule has 0 heterocycles. The molecule has 1 aliphatic carbocycles. The van der Waals surface area contributed by atoms with Crippen molar-refractivity contribution in [2.75, 3.05) is 0 Å². The highest BCUT2D eigenvalue weighted by molar-refractivity contribution is 6.30. The second-order valence-corrected chi connectivity index (χ2v) is 4.49. The van der Waals surface area contributed by atoms with E-state index in [9.17, 15) is 0 Å². The van der Waals surface area contributed by atoms with Gasteiger partial charge in [0, 0.05) is 5.02 Å². The van der Waals surface area contributed by atoms with E-state index in [2.05, 4.69) is 42.5 Å². The molecule has 0 amide bonds. The molecule has 0 saturated heterocycles. The van der Waals surface area contributed by atoms with Gasteiger partial charge in [0.15, 0.2) is 0 Å². The maximum Gasteiger partial charge on any atom is 0.0412 e. The molecule has 1 heteroatoms. The first-order chi connectivity index (χ1) is 7.83. The van der Waals surface area contributed by atoms with Crippen LogP contribution < -0.4 is 0 Å². The Morgan fingerprint density at radius 2 is 1.56 bits per heavy atom. The largest absolute Gasteiger partial charge is 0.0843 e. The van der Waals surface area contributed by atoms with Crippen molar-refractivity contribution in [1.82, 2.24) is 0 Å². The summed E-state index contributed by atoms with van der Waals surface area (Å²) in [6, 6.07) is 14.6. The summed E-state index contributed by atoms with van der Waals surface area (Å²) in [6.45, 7) is 0. The summed E-state index contributed by atoms with van der Waals surface area (Å²) in [5.74, 6) is 0. The standard InChI is InChI=1S/C15H11Cl/c16-15-8-7-13-9-12-4-2-1-3-11(12)5-6-14(13)10-15/h1-8,10H,9H2. The molecular weight excluding hydrogens is 216 g/mol. The first-order valence-corrected chi connectivity index (χ1v) is 5.75. The Morgan fingerprint density at radius 3 is 2.50 bits per heavy atom. The fourth-order valence-electron chi connectivity index (χ4n) is 2.12. The predicted octanol–water partition coefficient (Wildman–Crippen LogP) is 4.41. The lowest BCUT2D eigenvalue weighted by Crippen LogP contribution is -1.91. The van der Waals surface area contributed by atoms with Gasteiger partial charge in [0.2, 0.25) is 0 Å². The highest BCUT2D eigenvalue weighted by Gasteiger charge is 2.08. The average molecular weight is 227 g/mol. The van der Waals surface area contributed by atoms with Crippen LogP contribution in [0.2, 0.25) is 5.02 Å². The van der Waals surface area contributed by atoms with Gasteiger partial charge >= 0.3 is 0 Å². The van der Waals surface area contributed by atoms with Crippen molar-refractivity contribution >= 4 is 23.8 Å². The zero-order chi connectivity index (χ0) is 11.0. The van der Waals surface area contributed by atoms with Crippen molar-refractivity contribution in [2.45, 2.75) is 6.42 Å². The molecule has 0 unspecified atom stereocenters. The van der Waals surface area contributed by atoms with Crippen molar-refractivity contribution in [3.8, 4) is 0 Å². The number of benzene rings is 2. The fraction of sp³-hybridized carbons (Fsp3) is 0.0667. The Bertz CT molecular complexity index is 567. The van der Waals surface area contributed by atoms with E-state index in [-0.39, 0.29) is 0 Å². The normalized spacial score (nSPS) is 12.8. The van der Waals surface area contributed by atoms with Crippen molar-refractivity contribution in [3.05, 3.63) is 69.7 Å². The molecule has 0 nitrogen and oxygen atoms in total. The summed E-state index contributed by atoms with van der Waals surface area (Å²) in [4.78, 5) is 0. The van der Waals surface area contributed by atoms with E-state index in [4.69, 9.17) is 11.6 Å². The lowest BCUT2D eigenvalue weighted by molar-refractivity contribution is 1.18. The Labute approximate surface area is 100 Å². The zero-order valence-corrected chi connectivity index (χ0v) is 9.54. The maximum atomic E-state index is 6.01. The van der Waals surface area contributed by atoms with Gasteiger partial charge in [-0.15, -0.1) is 0 Å². The van der Waals surface area contributed by atoms with E-state index in [1.807, 2.05) is 12.1 Å². The van der Waals surface area contributed by atoms with Crippen LogP contribution in [-0.2, 0) is 6.42 Å². The number of halogens is 1. The van der Waals surface area contributed by atoms with Crippen molar-refractivity contribution in [2.24, 2.45) is 0 Å². The van der Waals surface area contributed by atoms with Crippen LogP contribution in [0.3, 0.4) is 0 Å². The van der Waals surface area contributed by atoms with Crippen molar-refractivity contribution < 1.29 is 0 Å². The van der Waals surface area contributed by atoms with Gasteiger partial charge in [-0.1, -0.05) is 54.1 Å². The van der Waals surface area contributed by atoms with Crippen LogP contribution >= 0.6 is 11.6 Å². The Morgan fingerprint density at radius 1 is 0.812 bits per heavy atom. The van der Waals surface area contributed by atoms with Crippen LogP contribution in [0, 0.1) is 0 Å². The molecule has 0 spiro atoms. The predicted molar refractivity (Wildman–Crippen MR) is 69.6 cm³/mol. The Kier molecular flexibility index (Phi) is 2.30. The molecule has 3 rings (SSSR count). The third-order valence-electron chi connectivity index (χ3n) is 2.99. The molecule has 0 bridgehead atoms. The van der Waals surface area contributed by atoms with Gasteiger partial charge < -0.3 is 0 Å². The highest BCUT2D eigenvalue weighted by Crippen LogP contribution is 2.26. The molecule has 2 aromatic rings. The molecule has 0 fully saturated rings. The van der Waals surface area contributed by atoms with E-state index in [0.29, 0.717) is 0 Å². The Hall–Kier alpha value is -1.53. The molecule has 0 aliphatic heterocycles. The Balaban J connectivity index is 2.17. The second-order valence-electron chi connectivity index (χ2n) is 4.05. The van der Waals surface area contributed by atoms with Gasteiger partial charge in [0.25, 0.3) is 0 Å². The van der Waals surface area contributed by atoms with Gasteiger partial charge in [-0.3, -0.25) is 0 Å². The van der Waals surface area contributed by atoms with E-state index in [1.54, 1.807) is 0 Å². The first-order valence-electron chi connectivity index (χ1n) is 5.37. The van der Waals surface area contributed by atoms with Crippen molar-refractivity contribution in [1.29, 1.82) is 0 Å². The number of rotatable bonds is 0. The second kappa shape index (κ2) is 3.80. The minimum absolute atomic E-state index is 0.800. The minimum atomic E-state index is 0.800. The van der Waals surface area contributed by atoms with Gasteiger partial charge in [0.1, 0.15) is 0 Å². The highest BCUT2D eigenvalue weighted by atomic mass is 35.5. The smallest absolute Gasteiger partial charge is 0.0412 e. The van der Waals surface area contributed by atoms with Gasteiger partial charge in [-0.05, 0) is 40.8 Å². The summed E-state index contributed by atoms with van der Waals surface area (Å²) in [5.41, 5.74) is 5.24. The molecule has 0 saturated carbocycles. The van der Waals surface area contributed by atoms with Crippen molar-refractivity contribution in [3.63, 3.8) is 0 Å². The zero-order valence-electron chi connectivity index (χ0n) is 8.78. The maximum absolute atomic E-state index is 6.01. The number of fused-ring (bicyclic) bond motifs is 2. The summed E-state index contributed by atoms with van der Waals surface area (Å²) < 4.78 is 0. The van der Waals surface area contributed by atoms with Crippen LogP contribution in [0.5, 0.6) is 0 Å². The van der Waals surface area contributed by atoms with Crippen LogP contribution in [0.25, 0.3) is 12.2 Å². The van der Waals surface area contributed by atoms with E-state index in [1.165, 1.54) is 22.3 Å².